The standard InChI is InChI=1S/C18H26ClN/c19-15-11-16(13-7-3-1-4-8-13)18(20)17(12-15)14-9-5-2-6-10-14/h11-14H,1-10,20H2. The summed E-state index contributed by atoms with van der Waals surface area (Å²) < 4.78 is 0. The summed E-state index contributed by atoms with van der Waals surface area (Å²) >= 11 is 6.40. The van der Waals surface area contributed by atoms with Gasteiger partial charge in [0.15, 0.2) is 0 Å². The highest BCUT2D eigenvalue weighted by Crippen LogP contribution is 2.43. The van der Waals surface area contributed by atoms with Gasteiger partial charge in [-0.05, 0) is 60.8 Å². The first-order valence-corrected chi connectivity index (χ1v) is 8.72. The van der Waals surface area contributed by atoms with Crippen LogP contribution in [0.15, 0.2) is 12.1 Å². The molecule has 0 saturated heterocycles. The second-order valence-corrected chi connectivity index (χ2v) is 7.10. The van der Waals surface area contributed by atoms with Crippen molar-refractivity contribution in [2.45, 2.75) is 76.0 Å². The molecule has 0 atom stereocenters. The third kappa shape index (κ3) is 2.98. The Hall–Kier alpha value is -0.690. The van der Waals surface area contributed by atoms with Crippen LogP contribution in [0.4, 0.5) is 5.69 Å². The normalized spacial score (nSPS) is 22.1. The van der Waals surface area contributed by atoms with Gasteiger partial charge < -0.3 is 5.73 Å². The monoisotopic (exact) mass is 291 g/mol. The van der Waals surface area contributed by atoms with Crippen LogP contribution in [0.1, 0.15) is 87.2 Å². The molecule has 3 rings (SSSR count). The first-order chi connectivity index (χ1) is 9.75. The van der Waals surface area contributed by atoms with Crippen molar-refractivity contribution in [2.24, 2.45) is 0 Å². The highest BCUT2D eigenvalue weighted by Gasteiger charge is 2.24. The maximum Gasteiger partial charge on any atom is 0.0413 e. The summed E-state index contributed by atoms with van der Waals surface area (Å²) in [5, 5.41) is 0.889. The molecule has 0 aromatic heterocycles. The summed E-state index contributed by atoms with van der Waals surface area (Å²) in [5.41, 5.74) is 10.3. The molecule has 1 aromatic rings. The maximum atomic E-state index is 6.56. The molecule has 0 amide bonds. The molecule has 0 unspecified atom stereocenters. The molecule has 1 aromatic carbocycles. The van der Waals surface area contributed by atoms with Crippen molar-refractivity contribution in [1.29, 1.82) is 0 Å². The van der Waals surface area contributed by atoms with Gasteiger partial charge in [0.1, 0.15) is 0 Å². The predicted molar refractivity (Wildman–Crippen MR) is 87.5 cm³/mol. The first kappa shape index (κ1) is 14.3. The molecule has 1 nitrogen and oxygen atoms in total. The average molecular weight is 292 g/mol. The number of anilines is 1. The topological polar surface area (TPSA) is 26.0 Å². The fourth-order valence-electron chi connectivity index (χ4n) is 4.16. The Morgan fingerprint density at radius 1 is 0.750 bits per heavy atom. The zero-order valence-electron chi connectivity index (χ0n) is 12.3. The van der Waals surface area contributed by atoms with Gasteiger partial charge >= 0.3 is 0 Å². The third-order valence-electron chi connectivity index (χ3n) is 5.30. The van der Waals surface area contributed by atoms with Gasteiger partial charge in [-0.2, -0.15) is 0 Å². The molecule has 0 spiro atoms. The highest BCUT2D eigenvalue weighted by molar-refractivity contribution is 6.30. The molecule has 2 aliphatic carbocycles. The van der Waals surface area contributed by atoms with Crippen molar-refractivity contribution in [3.63, 3.8) is 0 Å². The molecule has 20 heavy (non-hydrogen) atoms. The lowest BCUT2D eigenvalue weighted by Gasteiger charge is -2.28. The lowest BCUT2D eigenvalue weighted by atomic mass is 9.78. The van der Waals surface area contributed by atoms with Gasteiger partial charge in [0.25, 0.3) is 0 Å². The van der Waals surface area contributed by atoms with Crippen molar-refractivity contribution >= 4 is 17.3 Å². The Bertz CT molecular complexity index is 417. The SMILES string of the molecule is Nc1c(C2CCCCC2)cc(Cl)cc1C1CCCCC1. The summed E-state index contributed by atoms with van der Waals surface area (Å²) in [6.07, 6.45) is 13.3. The fourth-order valence-corrected chi connectivity index (χ4v) is 4.40. The zero-order chi connectivity index (χ0) is 13.9. The quantitative estimate of drug-likeness (QED) is 0.663. The van der Waals surface area contributed by atoms with E-state index in [0.29, 0.717) is 11.8 Å². The van der Waals surface area contributed by atoms with Crippen LogP contribution in [0, 0.1) is 0 Å². The third-order valence-corrected chi connectivity index (χ3v) is 5.52. The van der Waals surface area contributed by atoms with E-state index in [4.69, 9.17) is 17.3 Å². The Morgan fingerprint density at radius 2 is 1.15 bits per heavy atom. The summed E-state index contributed by atoms with van der Waals surface area (Å²) in [4.78, 5) is 0. The highest BCUT2D eigenvalue weighted by atomic mass is 35.5. The minimum absolute atomic E-state index is 0.643. The van der Waals surface area contributed by atoms with E-state index in [1.54, 1.807) is 0 Å². The largest absolute Gasteiger partial charge is 0.398 e. The minimum atomic E-state index is 0.643. The molecular weight excluding hydrogens is 266 g/mol. The molecule has 0 heterocycles. The molecule has 2 aliphatic rings. The van der Waals surface area contributed by atoms with Gasteiger partial charge in [-0.3, -0.25) is 0 Å². The second-order valence-electron chi connectivity index (χ2n) is 6.67. The average Bonchev–Trinajstić information content (AvgIpc) is 2.51. The van der Waals surface area contributed by atoms with E-state index in [1.165, 1.54) is 75.3 Å². The zero-order valence-corrected chi connectivity index (χ0v) is 13.1. The van der Waals surface area contributed by atoms with E-state index in [1.807, 2.05) is 0 Å². The van der Waals surface area contributed by atoms with Crippen LogP contribution in [0.3, 0.4) is 0 Å². The first-order valence-electron chi connectivity index (χ1n) is 8.34. The lowest BCUT2D eigenvalue weighted by Crippen LogP contribution is -2.12. The summed E-state index contributed by atoms with van der Waals surface area (Å²) in [7, 11) is 0. The lowest BCUT2D eigenvalue weighted by molar-refractivity contribution is 0.437. The number of nitrogen functional groups attached to an aromatic ring is 1. The van der Waals surface area contributed by atoms with Gasteiger partial charge in [-0.25, -0.2) is 0 Å². The Balaban J connectivity index is 1.91. The molecule has 2 N–H and O–H groups in total. The van der Waals surface area contributed by atoms with Crippen LogP contribution < -0.4 is 5.73 Å². The van der Waals surface area contributed by atoms with Crippen molar-refractivity contribution in [2.75, 3.05) is 5.73 Å². The Labute approximate surface area is 127 Å². The van der Waals surface area contributed by atoms with Crippen molar-refractivity contribution in [1.82, 2.24) is 0 Å². The summed E-state index contributed by atoms with van der Waals surface area (Å²) in [6.45, 7) is 0. The van der Waals surface area contributed by atoms with Crippen LogP contribution in [0.25, 0.3) is 0 Å². The molecule has 2 saturated carbocycles. The number of benzene rings is 1. The van der Waals surface area contributed by atoms with Crippen molar-refractivity contribution in [3.8, 4) is 0 Å². The van der Waals surface area contributed by atoms with Crippen LogP contribution in [-0.2, 0) is 0 Å². The summed E-state index contributed by atoms with van der Waals surface area (Å²) in [6, 6.07) is 4.28. The predicted octanol–water partition coefficient (Wildman–Crippen LogP) is 6.02. The summed E-state index contributed by atoms with van der Waals surface area (Å²) in [5.74, 6) is 1.29. The van der Waals surface area contributed by atoms with Crippen LogP contribution in [0.2, 0.25) is 5.02 Å². The number of hydrogen-bond acceptors (Lipinski definition) is 1. The van der Waals surface area contributed by atoms with Gasteiger partial charge in [0, 0.05) is 10.7 Å². The van der Waals surface area contributed by atoms with E-state index in [2.05, 4.69) is 12.1 Å². The van der Waals surface area contributed by atoms with Gasteiger partial charge in [0.05, 0.1) is 0 Å². The number of rotatable bonds is 2. The number of hydrogen-bond donors (Lipinski definition) is 1. The smallest absolute Gasteiger partial charge is 0.0413 e. The second kappa shape index (κ2) is 6.39. The van der Waals surface area contributed by atoms with Crippen LogP contribution >= 0.6 is 11.6 Å². The minimum Gasteiger partial charge on any atom is -0.398 e. The Kier molecular flexibility index (Phi) is 4.55. The Morgan fingerprint density at radius 3 is 1.55 bits per heavy atom. The van der Waals surface area contributed by atoms with Gasteiger partial charge in [-0.1, -0.05) is 50.1 Å². The van der Waals surface area contributed by atoms with Crippen molar-refractivity contribution < 1.29 is 0 Å². The molecule has 2 fully saturated rings. The molecule has 0 aliphatic heterocycles. The van der Waals surface area contributed by atoms with E-state index >= 15 is 0 Å². The van der Waals surface area contributed by atoms with Crippen LogP contribution in [-0.4, -0.2) is 0 Å². The van der Waals surface area contributed by atoms with E-state index in [-0.39, 0.29) is 0 Å². The fraction of sp³-hybridized carbons (Fsp3) is 0.667. The number of halogens is 1. The van der Waals surface area contributed by atoms with Crippen LogP contribution in [0.5, 0.6) is 0 Å². The van der Waals surface area contributed by atoms with Crippen molar-refractivity contribution in [3.05, 3.63) is 28.3 Å². The molecular formula is C18H26ClN. The molecule has 0 radical (unpaired) electrons. The van der Waals surface area contributed by atoms with Gasteiger partial charge in [0.2, 0.25) is 0 Å². The van der Waals surface area contributed by atoms with E-state index < -0.39 is 0 Å². The van der Waals surface area contributed by atoms with Gasteiger partial charge in [-0.15, -0.1) is 0 Å². The molecule has 0 bridgehead atoms. The van der Waals surface area contributed by atoms with E-state index in [9.17, 15) is 0 Å². The maximum absolute atomic E-state index is 6.56. The molecule has 110 valence electrons. The molecule has 2 heteroatoms. The number of nitrogens with two attached hydrogens (primary N) is 1. The van der Waals surface area contributed by atoms with E-state index in [0.717, 1.165) is 10.7 Å².